The first-order valence-corrected chi connectivity index (χ1v) is 12.0. The second kappa shape index (κ2) is 11.2. The Morgan fingerprint density at radius 1 is 1.09 bits per heavy atom. The molecule has 0 bridgehead atoms. The topological polar surface area (TPSA) is 90.5 Å². The van der Waals surface area contributed by atoms with Crippen LogP contribution >= 0.6 is 22.9 Å². The van der Waals surface area contributed by atoms with E-state index in [2.05, 4.69) is 25.5 Å². The molecule has 1 fully saturated rings. The molecule has 2 amide bonds. The van der Waals surface area contributed by atoms with Gasteiger partial charge in [0.15, 0.2) is 5.13 Å². The Morgan fingerprint density at radius 3 is 2.70 bits per heavy atom. The van der Waals surface area contributed by atoms with E-state index in [0.717, 1.165) is 11.4 Å². The van der Waals surface area contributed by atoms with E-state index in [4.69, 9.17) is 11.6 Å². The molecule has 1 saturated heterocycles. The van der Waals surface area contributed by atoms with Crippen molar-refractivity contribution in [2.75, 3.05) is 44.6 Å². The summed E-state index contributed by atoms with van der Waals surface area (Å²) in [6.07, 6.45) is 2.46. The van der Waals surface area contributed by atoms with Gasteiger partial charge in [0.2, 0.25) is 5.91 Å². The molecule has 33 heavy (non-hydrogen) atoms. The fourth-order valence-corrected chi connectivity index (χ4v) is 4.42. The molecule has 3 heterocycles. The second-order valence-electron chi connectivity index (χ2n) is 7.66. The van der Waals surface area contributed by atoms with E-state index in [1.165, 1.54) is 11.3 Å². The molecule has 1 aliphatic heterocycles. The maximum atomic E-state index is 12.8. The van der Waals surface area contributed by atoms with E-state index >= 15 is 0 Å². The van der Waals surface area contributed by atoms with Gasteiger partial charge in [0.05, 0.1) is 6.54 Å². The summed E-state index contributed by atoms with van der Waals surface area (Å²) in [5.74, 6) is -0.105. The largest absolute Gasteiger partial charge is 0.355 e. The number of amides is 2. The van der Waals surface area contributed by atoms with E-state index in [-0.39, 0.29) is 11.8 Å². The Balaban J connectivity index is 1.20. The molecule has 4 rings (SSSR count). The minimum Gasteiger partial charge on any atom is -0.355 e. The zero-order valence-corrected chi connectivity index (χ0v) is 19.6. The number of piperazine rings is 1. The van der Waals surface area contributed by atoms with Crippen LogP contribution in [0.1, 0.15) is 16.2 Å². The summed E-state index contributed by atoms with van der Waals surface area (Å²) in [6.45, 7) is 3.32. The maximum absolute atomic E-state index is 12.8. The number of nitrogens with zero attached hydrogens (tertiary/aromatic N) is 4. The summed E-state index contributed by atoms with van der Waals surface area (Å²) in [7, 11) is 0. The quantitative estimate of drug-likeness (QED) is 0.510. The van der Waals surface area contributed by atoms with Crippen molar-refractivity contribution in [2.45, 2.75) is 6.42 Å². The number of hydrogen-bond donors (Lipinski definition) is 2. The number of nitrogens with one attached hydrogen (secondary N) is 2. The summed E-state index contributed by atoms with van der Waals surface area (Å²) >= 11 is 7.39. The Labute approximate surface area is 201 Å². The lowest BCUT2D eigenvalue weighted by Gasteiger charge is -2.33. The van der Waals surface area contributed by atoms with Gasteiger partial charge in [0, 0.05) is 67.1 Å². The highest BCUT2D eigenvalue weighted by Crippen LogP contribution is 2.23. The van der Waals surface area contributed by atoms with E-state index in [9.17, 15) is 9.59 Å². The monoisotopic (exact) mass is 484 g/mol. The Morgan fingerprint density at radius 2 is 1.94 bits per heavy atom. The van der Waals surface area contributed by atoms with Crippen LogP contribution in [0.25, 0.3) is 0 Å². The first-order chi connectivity index (χ1) is 16.1. The highest BCUT2D eigenvalue weighted by Gasteiger charge is 2.24. The van der Waals surface area contributed by atoms with Gasteiger partial charge in [-0.15, -0.1) is 11.3 Å². The van der Waals surface area contributed by atoms with Crippen LogP contribution in [-0.4, -0.2) is 70.9 Å². The summed E-state index contributed by atoms with van der Waals surface area (Å²) < 4.78 is 0. The van der Waals surface area contributed by atoms with Crippen LogP contribution in [0.2, 0.25) is 5.02 Å². The number of carbonyl (C=O) groups excluding carboxylic acids is 2. The van der Waals surface area contributed by atoms with Crippen LogP contribution in [-0.2, 0) is 11.2 Å². The molecule has 10 heteroatoms. The summed E-state index contributed by atoms with van der Waals surface area (Å²) in [5, 5.41) is 9.15. The van der Waals surface area contributed by atoms with Crippen molar-refractivity contribution < 1.29 is 9.59 Å². The fourth-order valence-electron chi connectivity index (χ4n) is 3.53. The third kappa shape index (κ3) is 6.74. The normalized spacial score (nSPS) is 14.2. The zero-order valence-electron chi connectivity index (χ0n) is 18.0. The smallest absolute Gasteiger partial charge is 0.273 e. The molecule has 0 saturated carbocycles. The molecule has 0 spiro atoms. The molecule has 2 N–H and O–H groups in total. The molecule has 3 aromatic rings. The Bertz CT molecular complexity index is 1090. The van der Waals surface area contributed by atoms with Crippen LogP contribution in [0.5, 0.6) is 0 Å². The average Bonchev–Trinajstić information content (AvgIpc) is 3.28. The van der Waals surface area contributed by atoms with Crippen LogP contribution in [0.15, 0.2) is 54.0 Å². The number of rotatable bonds is 8. The molecule has 2 aromatic heterocycles. The van der Waals surface area contributed by atoms with Crippen molar-refractivity contribution >= 4 is 45.6 Å². The zero-order chi connectivity index (χ0) is 23.0. The van der Waals surface area contributed by atoms with E-state index in [1.54, 1.807) is 28.6 Å². The van der Waals surface area contributed by atoms with Crippen LogP contribution in [0.3, 0.4) is 0 Å². The molecule has 1 aromatic carbocycles. The van der Waals surface area contributed by atoms with Crippen LogP contribution in [0.4, 0.5) is 10.8 Å². The minimum atomic E-state index is -0.0927. The van der Waals surface area contributed by atoms with Gasteiger partial charge in [-0.3, -0.25) is 19.5 Å². The SMILES string of the molecule is O=C(CN1CCN(C(=O)c2csc(Nc3cccc(Cl)c3)n2)CC1)NCCc1ccccn1. The van der Waals surface area contributed by atoms with Crippen molar-refractivity contribution in [3.05, 3.63) is 70.5 Å². The van der Waals surface area contributed by atoms with Crippen molar-refractivity contribution in [1.82, 2.24) is 25.1 Å². The first kappa shape index (κ1) is 23.2. The van der Waals surface area contributed by atoms with E-state index in [1.807, 2.05) is 30.3 Å². The molecule has 0 aliphatic carbocycles. The molecule has 0 atom stereocenters. The number of pyridine rings is 1. The lowest BCUT2D eigenvalue weighted by molar-refractivity contribution is -0.122. The number of benzene rings is 1. The van der Waals surface area contributed by atoms with Gasteiger partial charge in [0.25, 0.3) is 5.91 Å². The van der Waals surface area contributed by atoms with E-state index in [0.29, 0.717) is 61.5 Å². The number of hydrogen-bond acceptors (Lipinski definition) is 7. The average molecular weight is 485 g/mol. The number of aromatic nitrogens is 2. The number of halogens is 1. The van der Waals surface area contributed by atoms with Gasteiger partial charge in [-0.25, -0.2) is 4.98 Å². The molecular formula is C23H25ClN6O2S. The highest BCUT2D eigenvalue weighted by atomic mass is 35.5. The van der Waals surface area contributed by atoms with Crippen molar-refractivity contribution in [1.29, 1.82) is 0 Å². The Kier molecular flexibility index (Phi) is 7.87. The van der Waals surface area contributed by atoms with Crippen LogP contribution < -0.4 is 10.6 Å². The number of carbonyl (C=O) groups is 2. The van der Waals surface area contributed by atoms with Crippen LogP contribution in [0, 0.1) is 0 Å². The summed E-state index contributed by atoms with van der Waals surface area (Å²) in [4.78, 5) is 37.6. The number of thiazole rings is 1. The van der Waals surface area contributed by atoms with Gasteiger partial charge in [-0.2, -0.15) is 0 Å². The lowest BCUT2D eigenvalue weighted by atomic mass is 10.2. The molecule has 0 radical (unpaired) electrons. The fraction of sp³-hybridized carbons (Fsp3) is 0.304. The van der Waals surface area contributed by atoms with Gasteiger partial charge in [-0.05, 0) is 30.3 Å². The van der Waals surface area contributed by atoms with Crippen molar-refractivity contribution in [3.8, 4) is 0 Å². The molecular weight excluding hydrogens is 460 g/mol. The molecule has 1 aliphatic rings. The summed E-state index contributed by atoms with van der Waals surface area (Å²) in [6, 6.07) is 13.1. The van der Waals surface area contributed by atoms with Gasteiger partial charge in [0.1, 0.15) is 5.69 Å². The van der Waals surface area contributed by atoms with Gasteiger partial charge in [-0.1, -0.05) is 23.7 Å². The highest BCUT2D eigenvalue weighted by molar-refractivity contribution is 7.14. The first-order valence-electron chi connectivity index (χ1n) is 10.7. The molecule has 8 nitrogen and oxygen atoms in total. The van der Waals surface area contributed by atoms with Gasteiger partial charge >= 0.3 is 0 Å². The molecule has 0 unspecified atom stereocenters. The minimum absolute atomic E-state index is 0.0121. The third-order valence-electron chi connectivity index (χ3n) is 5.26. The lowest BCUT2D eigenvalue weighted by Crippen LogP contribution is -2.51. The maximum Gasteiger partial charge on any atom is 0.273 e. The number of anilines is 2. The van der Waals surface area contributed by atoms with E-state index < -0.39 is 0 Å². The standard InChI is InChI=1S/C23H25ClN6O2S/c24-17-4-3-6-19(14-17)27-23-28-20(16-33-23)22(32)30-12-10-29(11-13-30)15-21(31)26-9-7-18-5-1-2-8-25-18/h1-6,8,14,16H,7,9-13,15H2,(H,26,31)(H,27,28). The molecule has 172 valence electrons. The summed E-state index contributed by atoms with van der Waals surface area (Å²) in [5.41, 5.74) is 2.20. The predicted octanol–water partition coefficient (Wildman–Crippen LogP) is 3.05. The second-order valence-corrected chi connectivity index (χ2v) is 8.96. The van der Waals surface area contributed by atoms with Crippen molar-refractivity contribution in [2.24, 2.45) is 0 Å². The van der Waals surface area contributed by atoms with Gasteiger partial charge < -0.3 is 15.5 Å². The predicted molar refractivity (Wildman–Crippen MR) is 130 cm³/mol. The van der Waals surface area contributed by atoms with Crippen molar-refractivity contribution in [3.63, 3.8) is 0 Å². The Hall–Kier alpha value is -3.01. The third-order valence-corrected chi connectivity index (χ3v) is 6.25.